The van der Waals surface area contributed by atoms with Crippen LogP contribution in [0.15, 0.2) is 48.5 Å². The highest BCUT2D eigenvalue weighted by atomic mass is 16.2. The minimum atomic E-state index is -0.138. The van der Waals surface area contributed by atoms with Crippen molar-refractivity contribution in [3.05, 3.63) is 59.7 Å². The summed E-state index contributed by atoms with van der Waals surface area (Å²) in [6.45, 7) is 10.00. The van der Waals surface area contributed by atoms with Crippen molar-refractivity contribution >= 4 is 29.1 Å². The van der Waals surface area contributed by atoms with Crippen molar-refractivity contribution in [2.75, 3.05) is 49.5 Å². The smallest absolute Gasteiger partial charge is 0.256 e. The molecule has 38 heavy (non-hydrogen) atoms. The maximum absolute atomic E-state index is 13.6. The van der Waals surface area contributed by atoms with Crippen LogP contribution in [0.25, 0.3) is 0 Å². The molecule has 1 saturated carbocycles. The molecule has 0 bridgehead atoms. The molecule has 1 heterocycles. The van der Waals surface area contributed by atoms with Crippen LogP contribution in [-0.4, -0.2) is 66.8 Å². The predicted molar refractivity (Wildman–Crippen MR) is 153 cm³/mol. The molecule has 1 aliphatic carbocycles. The second kappa shape index (κ2) is 12.9. The third-order valence-electron chi connectivity index (χ3n) is 8.08. The SMILES string of the molecule is CCC(C(=O)N1CCCN(c2ccc(NC(=O)C3CCC3)cc2C(=O)N(CC)CC)CC1)c1ccccc1. The molecular formula is C31H42N4O3. The van der Waals surface area contributed by atoms with Gasteiger partial charge < -0.3 is 20.0 Å². The van der Waals surface area contributed by atoms with Gasteiger partial charge in [0.2, 0.25) is 11.8 Å². The molecule has 2 aromatic carbocycles. The molecule has 2 aromatic rings. The van der Waals surface area contributed by atoms with E-state index in [0.717, 1.165) is 49.9 Å². The quantitative estimate of drug-likeness (QED) is 0.499. The Morgan fingerprint density at radius 3 is 2.29 bits per heavy atom. The van der Waals surface area contributed by atoms with Gasteiger partial charge in [0.25, 0.3) is 5.91 Å². The van der Waals surface area contributed by atoms with Gasteiger partial charge >= 0.3 is 0 Å². The Bertz CT molecular complexity index is 1110. The standard InChI is InChI=1S/C31H42N4O3/c1-4-26(23-12-8-7-9-13-23)30(37)35-19-11-18-34(20-21-35)28-17-16-25(32-29(36)24-14-10-15-24)22-27(28)31(38)33(5-2)6-3/h7-9,12-13,16-17,22,24,26H,4-6,10-11,14-15,18-21H2,1-3H3,(H,32,36). The number of rotatable bonds is 9. The van der Waals surface area contributed by atoms with E-state index < -0.39 is 0 Å². The summed E-state index contributed by atoms with van der Waals surface area (Å²) in [6, 6.07) is 15.7. The molecule has 0 spiro atoms. The van der Waals surface area contributed by atoms with Crippen molar-refractivity contribution in [3.8, 4) is 0 Å². The summed E-state index contributed by atoms with van der Waals surface area (Å²) in [5.41, 5.74) is 3.21. The van der Waals surface area contributed by atoms with E-state index in [2.05, 4.69) is 17.1 Å². The number of anilines is 2. The lowest BCUT2D eigenvalue weighted by Gasteiger charge is -2.29. The van der Waals surface area contributed by atoms with Gasteiger partial charge in [-0.2, -0.15) is 0 Å². The van der Waals surface area contributed by atoms with Gasteiger partial charge in [0.1, 0.15) is 0 Å². The summed E-state index contributed by atoms with van der Waals surface area (Å²) in [6.07, 6.45) is 4.56. The maximum Gasteiger partial charge on any atom is 0.256 e. The molecule has 3 amide bonds. The molecule has 1 aliphatic heterocycles. The van der Waals surface area contributed by atoms with Gasteiger partial charge in [0.05, 0.1) is 11.5 Å². The first-order chi connectivity index (χ1) is 18.5. The third-order valence-corrected chi connectivity index (χ3v) is 8.08. The van der Waals surface area contributed by atoms with E-state index >= 15 is 0 Å². The van der Waals surface area contributed by atoms with Crippen LogP contribution < -0.4 is 10.2 Å². The number of carbonyl (C=O) groups excluding carboxylic acids is 3. The molecule has 2 aliphatic rings. The molecular weight excluding hydrogens is 476 g/mol. The van der Waals surface area contributed by atoms with Crippen molar-refractivity contribution in [2.45, 2.75) is 58.8 Å². The minimum Gasteiger partial charge on any atom is -0.369 e. The molecule has 1 N–H and O–H groups in total. The Balaban J connectivity index is 1.54. The van der Waals surface area contributed by atoms with Crippen molar-refractivity contribution in [2.24, 2.45) is 5.92 Å². The van der Waals surface area contributed by atoms with Crippen LogP contribution in [0.3, 0.4) is 0 Å². The lowest BCUT2D eigenvalue weighted by Crippen LogP contribution is -2.38. The van der Waals surface area contributed by atoms with Crippen LogP contribution in [0.5, 0.6) is 0 Å². The fourth-order valence-corrected chi connectivity index (χ4v) is 5.49. The van der Waals surface area contributed by atoms with Gasteiger partial charge in [-0.05, 0) is 63.3 Å². The molecule has 2 fully saturated rings. The highest BCUT2D eigenvalue weighted by Gasteiger charge is 2.29. The van der Waals surface area contributed by atoms with E-state index in [1.807, 2.05) is 72.2 Å². The van der Waals surface area contributed by atoms with E-state index in [9.17, 15) is 14.4 Å². The summed E-state index contributed by atoms with van der Waals surface area (Å²) < 4.78 is 0. The fraction of sp³-hybridized carbons (Fsp3) is 0.516. The van der Waals surface area contributed by atoms with Crippen LogP contribution in [0.4, 0.5) is 11.4 Å². The van der Waals surface area contributed by atoms with Gasteiger partial charge in [0.15, 0.2) is 0 Å². The summed E-state index contributed by atoms with van der Waals surface area (Å²) >= 11 is 0. The minimum absolute atomic E-state index is 0.0305. The first-order valence-corrected chi connectivity index (χ1v) is 14.3. The second-order valence-corrected chi connectivity index (χ2v) is 10.4. The summed E-state index contributed by atoms with van der Waals surface area (Å²) in [4.78, 5) is 45.7. The van der Waals surface area contributed by atoms with Gasteiger partial charge in [-0.1, -0.05) is 43.7 Å². The van der Waals surface area contributed by atoms with E-state index in [4.69, 9.17) is 0 Å². The molecule has 1 unspecified atom stereocenters. The monoisotopic (exact) mass is 518 g/mol. The topological polar surface area (TPSA) is 73.0 Å². The Labute approximate surface area is 227 Å². The van der Waals surface area contributed by atoms with Crippen molar-refractivity contribution in [3.63, 3.8) is 0 Å². The van der Waals surface area contributed by atoms with Gasteiger partial charge in [-0.15, -0.1) is 0 Å². The molecule has 7 nitrogen and oxygen atoms in total. The summed E-state index contributed by atoms with van der Waals surface area (Å²) in [5.74, 6) is 0.124. The molecule has 204 valence electrons. The number of hydrogen-bond donors (Lipinski definition) is 1. The average Bonchev–Trinajstić information content (AvgIpc) is 3.15. The van der Waals surface area contributed by atoms with Crippen LogP contribution >= 0.6 is 0 Å². The summed E-state index contributed by atoms with van der Waals surface area (Å²) in [7, 11) is 0. The molecule has 4 rings (SSSR count). The Hall–Kier alpha value is -3.35. The van der Waals surface area contributed by atoms with Gasteiger partial charge in [-0.3, -0.25) is 14.4 Å². The van der Waals surface area contributed by atoms with Crippen molar-refractivity contribution in [1.82, 2.24) is 9.80 Å². The fourth-order valence-electron chi connectivity index (χ4n) is 5.49. The number of hydrogen-bond acceptors (Lipinski definition) is 4. The highest BCUT2D eigenvalue weighted by molar-refractivity contribution is 6.02. The number of carbonyl (C=O) groups is 3. The van der Waals surface area contributed by atoms with Gasteiger partial charge in [0, 0.05) is 56.6 Å². The largest absolute Gasteiger partial charge is 0.369 e. The zero-order valence-electron chi connectivity index (χ0n) is 23.1. The molecule has 0 radical (unpaired) electrons. The maximum atomic E-state index is 13.6. The third kappa shape index (κ3) is 6.20. The molecule has 1 saturated heterocycles. The lowest BCUT2D eigenvalue weighted by molar-refractivity contribution is -0.132. The molecule has 7 heteroatoms. The lowest BCUT2D eigenvalue weighted by atomic mass is 9.85. The Morgan fingerprint density at radius 1 is 0.921 bits per heavy atom. The highest BCUT2D eigenvalue weighted by Crippen LogP contribution is 2.31. The zero-order chi connectivity index (χ0) is 27.1. The Morgan fingerprint density at radius 2 is 1.66 bits per heavy atom. The van der Waals surface area contributed by atoms with Crippen LogP contribution in [0.1, 0.15) is 74.7 Å². The van der Waals surface area contributed by atoms with E-state index in [1.165, 1.54) is 0 Å². The normalized spacial score (nSPS) is 16.8. The van der Waals surface area contributed by atoms with Crippen LogP contribution in [0.2, 0.25) is 0 Å². The average molecular weight is 519 g/mol. The number of benzene rings is 2. The van der Waals surface area contributed by atoms with Gasteiger partial charge in [-0.25, -0.2) is 0 Å². The number of amides is 3. The first kappa shape index (κ1) is 27.7. The van der Waals surface area contributed by atoms with Crippen molar-refractivity contribution in [1.29, 1.82) is 0 Å². The Kier molecular flexibility index (Phi) is 9.43. The zero-order valence-corrected chi connectivity index (χ0v) is 23.1. The van der Waals surface area contributed by atoms with Crippen molar-refractivity contribution < 1.29 is 14.4 Å². The molecule has 0 aromatic heterocycles. The first-order valence-electron chi connectivity index (χ1n) is 14.3. The second-order valence-electron chi connectivity index (χ2n) is 10.4. The van der Waals surface area contributed by atoms with Crippen LogP contribution in [0, 0.1) is 5.92 Å². The van der Waals surface area contributed by atoms with E-state index in [0.29, 0.717) is 44.0 Å². The van der Waals surface area contributed by atoms with Crippen LogP contribution in [-0.2, 0) is 9.59 Å². The summed E-state index contributed by atoms with van der Waals surface area (Å²) in [5, 5.41) is 3.03. The number of nitrogens with zero attached hydrogens (tertiary/aromatic N) is 3. The molecule has 1 atom stereocenters. The number of nitrogens with one attached hydrogen (secondary N) is 1. The predicted octanol–water partition coefficient (Wildman–Crippen LogP) is 5.14. The van der Waals surface area contributed by atoms with E-state index in [-0.39, 0.29) is 29.6 Å². The van der Waals surface area contributed by atoms with E-state index in [1.54, 1.807) is 0 Å².